The Morgan fingerprint density at radius 2 is 2.20 bits per heavy atom. The zero-order valence-corrected chi connectivity index (χ0v) is 11.6. The molecule has 2 unspecified atom stereocenters. The Kier molecular flexibility index (Phi) is 3.01. The molecule has 2 atom stereocenters. The van der Waals surface area contributed by atoms with Gasteiger partial charge in [0.15, 0.2) is 0 Å². The van der Waals surface area contributed by atoms with Crippen molar-refractivity contribution in [3.8, 4) is 0 Å². The third kappa shape index (κ3) is 1.89. The summed E-state index contributed by atoms with van der Waals surface area (Å²) in [4.78, 5) is 26.3. The maximum atomic E-state index is 12.9. The van der Waals surface area contributed by atoms with Gasteiger partial charge in [0.2, 0.25) is 11.8 Å². The summed E-state index contributed by atoms with van der Waals surface area (Å²) in [5.41, 5.74) is 7.01. The lowest BCUT2D eigenvalue weighted by atomic mass is 9.83. The maximum Gasteiger partial charge on any atom is 0.244 e. The third-order valence-electron chi connectivity index (χ3n) is 4.53. The first-order valence-corrected chi connectivity index (χ1v) is 6.99. The van der Waals surface area contributed by atoms with Crippen LogP contribution in [0.2, 0.25) is 0 Å². The smallest absolute Gasteiger partial charge is 0.244 e. The highest BCUT2D eigenvalue weighted by molar-refractivity contribution is 6.11. The molecule has 0 aromatic heterocycles. The first-order chi connectivity index (χ1) is 9.52. The molecule has 1 aliphatic carbocycles. The number of hydrogen-bond donors (Lipinski definition) is 2. The Morgan fingerprint density at radius 3 is 2.90 bits per heavy atom. The van der Waals surface area contributed by atoms with Crippen molar-refractivity contribution in [1.82, 2.24) is 0 Å². The topological polar surface area (TPSA) is 75.4 Å². The Labute approximate surface area is 118 Å². The van der Waals surface area contributed by atoms with Gasteiger partial charge in [0, 0.05) is 6.04 Å². The summed E-state index contributed by atoms with van der Waals surface area (Å²) in [5.74, 6) is -0.197. The lowest BCUT2D eigenvalue weighted by Crippen LogP contribution is -2.52. The van der Waals surface area contributed by atoms with E-state index in [1.54, 1.807) is 4.90 Å². The second-order valence-electron chi connectivity index (χ2n) is 5.87. The minimum Gasteiger partial charge on any atom is -0.327 e. The average Bonchev–Trinajstić information content (AvgIpc) is 2.78. The Bertz CT molecular complexity index is 572. The number of carbonyl (C=O) groups excluding carboxylic acids is 2. The zero-order chi connectivity index (χ0) is 14.3. The molecule has 5 nitrogen and oxygen atoms in total. The van der Waals surface area contributed by atoms with Crippen molar-refractivity contribution in [2.45, 2.75) is 32.2 Å². The maximum absolute atomic E-state index is 12.9. The van der Waals surface area contributed by atoms with Crippen LogP contribution in [0.3, 0.4) is 0 Å². The van der Waals surface area contributed by atoms with Crippen molar-refractivity contribution in [2.75, 3.05) is 16.8 Å². The quantitative estimate of drug-likeness (QED) is 0.814. The highest BCUT2D eigenvalue weighted by Crippen LogP contribution is 2.41. The lowest BCUT2D eigenvalue weighted by molar-refractivity contribution is -0.129. The molecule has 0 saturated heterocycles. The highest BCUT2D eigenvalue weighted by atomic mass is 16.2. The molecule has 1 heterocycles. The van der Waals surface area contributed by atoms with Gasteiger partial charge in [0.1, 0.15) is 6.54 Å². The number of para-hydroxylation sites is 2. The molecule has 1 saturated carbocycles. The second-order valence-corrected chi connectivity index (χ2v) is 5.87. The number of benzene rings is 1. The second kappa shape index (κ2) is 4.59. The van der Waals surface area contributed by atoms with Crippen LogP contribution in [0.15, 0.2) is 24.3 Å². The molecule has 2 aliphatic rings. The van der Waals surface area contributed by atoms with Crippen LogP contribution in [0.4, 0.5) is 11.4 Å². The van der Waals surface area contributed by atoms with E-state index in [2.05, 4.69) is 5.32 Å². The predicted molar refractivity (Wildman–Crippen MR) is 77.4 cm³/mol. The van der Waals surface area contributed by atoms with Gasteiger partial charge in [-0.15, -0.1) is 0 Å². The van der Waals surface area contributed by atoms with Gasteiger partial charge >= 0.3 is 0 Å². The van der Waals surface area contributed by atoms with Crippen LogP contribution in [0.25, 0.3) is 0 Å². The highest BCUT2D eigenvalue weighted by Gasteiger charge is 2.46. The molecule has 0 spiro atoms. The largest absolute Gasteiger partial charge is 0.327 e. The lowest BCUT2D eigenvalue weighted by Gasteiger charge is -2.37. The number of amides is 2. The van der Waals surface area contributed by atoms with Crippen molar-refractivity contribution in [3.63, 3.8) is 0 Å². The summed E-state index contributed by atoms with van der Waals surface area (Å²) in [6, 6.07) is 7.25. The molecule has 5 heteroatoms. The standard InChI is InChI=1S/C15H19N3O2/c1-15(8-4-7-12(15)16)14(20)18-9-13(19)17-10-5-2-3-6-11(10)18/h2-3,5-6,12H,4,7-9,16H2,1H3,(H,17,19). The van der Waals surface area contributed by atoms with Crippen LogP contribution >= 0.6 is 0 Å². The van der Waals surface area contributed by atoms with E-state index in [0.29, 0.717) is 5.69 Å². The van der Waals surface area contributed by atoms with Crippen LogP contribution in [-0.2, 0) is 9.59 Å². The summed E-state index contributed by atoms with van der Waals surface area (Å²) < 4.78 is 0. The monoisotopic (exact) mass is 273 g/mol. The van der Waals surface area contributed by atoms with Crippen LogP contribution in [0.5, 0.6) is 0 Å². The fraction of sp³-hybridized carbons (Fsp3) is 0.467. The molecule has 1 aliphatic heterocycles. The number of nitrogens with two attached hydrogens (primary N) is 1. The minimum atomic E-state index is -0.565. The molecule has 106 valence electrons. The molecule has 2 amide bonds. The zero-order valence-electron chi connectivity index (χ0n) is 11.6. The van der Waals surface area contributed by atoms with Crippen LogP contribution in [0, 0.1) is 5.41 Å². The number of nitrogens with zero attached hydrogens (tertiary/aromatic N) is 1. The summed E-state index contributed by atoms with van der Waals surface area (Å²) >= 11 is 0. The Hall–Kier alpha value is -1.88. The number of fused-ring (bicyclic) bond motifs is 1. The molecule has 1 fully saturated rings. The van der Waals surface area contributed by atoms with E-state index in [9.17, 15) is 9.59 Å². The van der Waals surface area contributed by atoms with Gasteiger partial charge in [-0.05, 0) is 31.9 Å². The number of rotatable bonds is 1. The normalized spacial score (nSPS) is 29.0. The van der Waals surface area contributed by atoms with Crippen molar-refractivity contribution >= 4 is 23.2 Å². The van der Waals surface area contributed by atoms with E-state index >= 15 is 0 Å². The molecule has 1 aromatic rings. The van der Waals surface area contributed by atoms with Gasteiger partial charge in [0.05, 0.1) is 16.8 Å². The molecule has 3 rings (SSSR count). The summed E-state index contributed by atoms with van der Waals surface area (Å²) in [5, 5.41) is 2.79. The van der Waals surface area contributed by atoms with Gasteiger partial charge in [-0.25, -0.2) is 0 Å². The number of anilines is 2. The fourth-order valence-electron chi connectivity index (χ4n) is 3.18. The summed E-state index contributed by atoms with van der Waals surface area (Å²) in [6.07, 6.45) is 2.61. The van der Waals surface area contributed by atoms with Gasteiger partial charge in [-0.2, -0.15) is 0 Å². The molecule has 1 aromatic carbocycles. The van der Waals surface area contributed by atoms with Gasteiger partial charge in [-0.3, -0.25) is 9.59 Å². The third-order valence-corrected chi connectivity index (χ3v) is 4.53. The summed E-state index contributed by atoms with van der Waals surface area (Å²) in [6.45, 7) is 1.99. The van der Waals surface area contributed by atoms with Crippen molar-refractivity contribution in [1.29, 1.82) is 0 Å². The van der Waals surface area contributed by atoms with Crippen LogP contribution in [0.1, 0.15) is 26.2 Å². The first-order valence-electron chi connectivity index (χ1n) is 6.99. The van der Waals surface area contributed by atoms with Crippen molar-refractivity contribution in [3.05, 3.63) is 24.3 Å². The molecule has 0 radical (unpaired) electrons. The first kappa shape index (κ1) is 13.1. The van der Waals surface area contributed by atoms with Crippen molar-refractivity contribution in [2.24, 2.45) is 11.1 Å². The summed E-state index contributed by atoms with van der Waals surface area (Å²) in [7, 11) is 0. The molecular formula is C15H19N3O2. The number of carbonyl (C=O) groups is 2. The minimum absolute atomic E-state index is 0.0372. The van der Waals surface area contributed by atoms with E-state index in [0.717, 1.165) is 24.9 Å². The van der Waals surface area contributed by atoms with Crippen LogP contribution in [-0.4, -0.2) is 24.4 Å². The van der Waals surface area contributed by atoms with E-state index in [1.165, 1.54) is 0 Å². The molecule has 3 N–H and O–H groups in total. The SMILES string of the molecule is CC1(C(=O)N2CC(=O)Nc3ccccc32)CCCC1N. The van der Waals surface area contributed by atoms with Crippen molar-refractivity contribution < 1.29 is 9.59 Å². The average molecular weight is 273 g/mol. The van der Waals surface area contributed by atoms with Gasteiger partial charge < -0.3 is 16.0 Å². The van der Waals surface area contributed by atoms with Gasteiger partial charge in [0.25, 0.3) is 0 Å². The Morgan fingerprint density at radius 1 is 1.45 bits per heavy atom. The molecule has 20 heavy (non-hydrogen) atoms. The Balaban J connectivity index is 1.98. The van der Waals surface area contributed by atoms with Crippen LogP contribution < -0.4 is 16.0 Å². The van der Waals surface area contributed by atoms with E-state index in [1.807, 2.05) is 31.2 Å². The number of hydrogen-bond acceptors (Lipinski definition) is 3. The van der Waals surface area contributed by atoms with E-state index < -0.39 is 5.41 Å². The van der Waals surface area contributed by atoms with E-state index in [-0.39, 0.29) is 24.4 Å². The molecule has 0 bridgehead atoms. The fourth-order valence-corrected chi connectivity index (χ4v) is 3.18. The molecular weight excluding hydrogens is 254 g/mol. The number of nitrogens with one attached hydrogen (secondary N) is 1. The van der Waals surface area contributed by atoms with E-state index in [4.69, 9.17) is 5.73 Å². The van der Waals surface area contributed by atoms with Gasteiger partial charge in [-0.1, -0.05) is 18.6 Å². The predicted octanol–water partition coefficient (Wildman–Crippen LogP) is 1.49.